The van der Waals surface area contributed by atoms with E-state index in [0.717, 1.165) is 11.1 Å². The van der Waals surface area contributed by atoms with Crippen LogP contribution in [0.4, 0.5) is 11.4 Å². The van der Waals surface area contributed by atoms with Gasteiger partial charge in [-0.2, -0.15) is 4.72 Å². The number of rotatable bonds is 9. The predicted octanol–water partition coefficient (Wildman–Crippen LogP) is 3.49. The molecule has 3 aromatic carbocycles. The smallest absolute Gasteiger partial charge is 0.245 e. The van der Waals surface area contributed by atoms with Crippen molar-refractivity contribution in [2.75, 3.05) is 17.7 Å². The average Bonchev–Trinajstić information content (AvgIpc) is 2.79. The van der Waals surface area contributed by atoms with E-state index < -0.39 is 22.0 Å². The van der Waals surface area contributed by atoms with Crippen LogP contribution in [0.3, 0.4) is 0 Å². The predicted molar refractivity (Wildman–Crippen MR) is 131 cm³/mol. The molecule has 8 nitrogen and oxygen atoms in total. The van der Waals surface area contributed by atoms with E-state index in [1.807, 2.05) is 30.3 Å². The molecule has 0 aliphatic rings. The van der Waals surface area contributed by atoms with Crippen LogP contribution in [0.5, 0.6) is 5.75 Å². The molecule has 1 unspecified atom stereocenters. The van der Waals surface area contributed by atoms with E-state index >= 15 is 0 Å². The number of hydrogen-bond acceptors (Lipinski definition) is 5. The molecule has 1 atom stereocenters. The van der Waals surface area contributed by atoms with Gasteiger partial charge in [-0.1, -0.05) is 42.5 Å². The lowest BCUT2D eigenvalue weighted by atomic mass is 10.1. The van der Waals surface area contributed by atoms with E-state index in [1.165, 1.54) is 20.1 Å². The highest BCUT2D eigenvalue weighted by Crippen LogP contribution is 2.25. The van der Waals surface area contributed by atoms with Gasteiger partial charge in [0.1, 0.15) is 16.7 Å². The first kappa shape index (κ1) is 24.9. The summed E-state index contributed by atoms with van der Waals surface area (Å²) in [5, 5.41) is 5.39. The van der Waals surface area contributed by atoms with Gasteiger partial charge >= 0.3 is 0 Å². The second kappa shape index (κ2) is 11.0. The van der Waals surface area contributed by atoms with E-state index in [1.54, 1.807) is 43.3 Å². The fraction of sp³-hybridized carbons (Fsp3) is 0.200. The number of hydrogen-bond donors (Lipinski definition) is 3. The number of methoxy groups -OCH3 is 1. The highest BCUT2D eigenvalue weighted by atomic mass is 32.2. The van der Waals surface area contributed by atoms with Crippen molar-refractivity contribution in [1.29, 1.82) is 0 Å². The lowest BCUT2D eigenvalue weighted by Gasteiger charge is -2.20. The van der Waals surface area contributed by atoms with Crippen LogP contribution in [-0.4, -0.2) is 33.4 Å². The van der Waals surface area contributed by atoms with Gasteiger partial charge in [0, 0.05) is 18.3 Å². The number of sulfonamides is 1. The number of aryl methyl sites for hydroxylation is 1. The number of benzene rings is 3. The SMILES string of the molecule is COc1ccc(C)cc1S(=O)(=O)NC(Cc1ccccc1)C(=O)Nc1cccc(NC(C)=O)c1. The standard InChI is InChI=1S/C25H27N3O5S/c1-17-12-13-23(33-3)24(14-17)34(31,32)28-22(15-19-8-5-4-6-9-19)25(30)27-21-11-7-10-20(16-21)26-18(2)29/h4-14,16,22,28H,15H2,1-3H3,(H,26,29)(H,27,30). The Kier molecular flexibility index (Phi) is 8.04. The molecule has 0 aliphatic carbocycles. The van der Waals surface area contributed by atoms with Gasteiger partial charge in [-0.05, 0) is 54.8 Å². The fourth-order valence-corrected chi connectivity index (χ4v) is 4.84. The first-order chi connectivity index (χ1) is 16.2. The van der Waals surface area contributed by atoms with Crippen LogP contribution in [-0.2, 0) is 26.0 Å². The molecule has 3 rings (SSSR count). The number of amides is 2. The molecule has 0 aromatic heterocycles. The molecule has 0 bridgehead atoms. The van der Waals surface area contributed by atoms with Gasteiger partial charge in [0.15, 0.2) is 0 Å². The molecule has 0 radical (unpaired) electrons. The van der Waals surface area contributed by atoms with Gasteiger partial charge in [-0.25, -0.2) is 8.42 Å². The summed E-state index contributed by atoms with van der Waals surface area (Å²) in [6, 6.07) is 19.4. The molecule has 0 heterocycles. The topological polar surface area (TPSA) is 114 Å². The Hall–Kier alpha value is -3.69. The Balaban J connectivity index is 1.90. The van der Waals surface area contributed by atoms with Crippen LogP contribution >= 0.6 is 0 Å². The highest BCUT2D eigenvalue weighted by molar-refractivity contribution is 7.89. The van der Waals surface area contributed by atoms with E-state index in [0.29, 0.717) is 11.4 Å². The van der Waals surface area contributed by atoms with Crippen molar-refractivity contribution in [3.63, 3.8) is 0 Å². The summed E-state index contributed by atoms with van der Waals surface area (Å²) in [7, 11) is -2.71. The molecular formula is C25H27N3O5S. The number of anilines is 2. The van der Waals surface area contributed by atoms with Crippen molar-refractivity contribution in [1.82, 2.24) is 4.72 Å². The Morgan fingerprint density at radius 3 is 2.24 bits per heavy atom. The molecule has 2 amide bonds. The molecule has 0 fully saturated rings. The van der Waals surface area contributed by atoms with Gasteiger partial charge < -0.3 is 15.4 Å². The van der Waals surface area contributed by atoms with Crippen molar-refractivity contribution >= 4 is 33.2 Å². The molecule has 0 aliphatic heterocycles. The van der Waals surface area contributed by atoms with Gasteiger partial charge in [0.25, 0.3) is 0 Å². The maximum Gasteiger partial charge on any atom is 0.245 e. The van der Waals surface area contributed by atoms with E-state index in [4.69, 9.17) is 4.74 Å². The third-order valence-corrected chi connectivity index (χ3v) is 6.45. The Bertz CT molecular complexity index is 1280. The Morgan fingerprint density at radius 2 is 1.59 bits per heavy atom. The number of carbonyl (C=O) groups excluding carboxylic acids is 2. The fourth-order valence-electron chi connectivity index (χ4n) is 3.39. The van der Waals surface area contributed by atoms with Gasteiger partial charge in [0.2, 0.25) is 21.8 Å². The van der Waals surface area contributed by atoms with E-state index in [2.05, 4.69) is 15.4 Å². The minimum Gasteiger partial charge on any atom is -0.495 e. The van der Waals surface area contributed by atoms with Crippen molar-refractivity contribution < 1.29 is 22.7 Å². The third kappa shape index (κ3) is 6.66. The summed E-state index contributed by atoms with van der Waals surface area (Å²) in [5.41, 5.74) is 2.45. The number of carbonyl (C=O) groups is 2. The van der Waals surface area contributed by atoms with Crippen LogP contribution in [0.2, 0.25) is 0 Å². The Labute approximate surface area is 199 Å². The van der Waals surface area contributed by atoms with E-state index in [9.17, 15) is 18.0 Å². The zero-order valence-corrected chi connectivity index (χ0v) is 20.0. The molecule has 34 heavy (non-hydrogen) atoms. The maximum absolute atomic E-state index is 13.3. The van der Waals surface area contributed by atoms with Crippen molar-refractivity contribution in [3.8, 4) is 5.75 Å². The van der Waals surface area contributed by atoms with Crippen LogP contribution in [0, 0.1) is 6.92 Å². The molecule has 0 spiro atoms. The maximum atomic E-state index is 13.3. The van der Waals surface area contributed by atoms with Crippen LogP contribution in [0.1, 0.15) is 18.1 Å². The first-order valence-electron chi connectivity index (χ1n) is 10.6. The molecule has 0 saturated carbocycles. The van der Waals surface area contributed by atoms with Crippen molar-refractivity contribution in [2.24, 2.45) is 0 Å². The zero-order chi connectivity index (χ0) is 24.7. The summed E-state index contributed by atoms with van der Waals surface area (Å²) < 4.78 is 34.3. The summed E-state index contributed by atoms with van der Waals surface area (Å²) >= 11 is 0. The number of ether oxygens (including phenoxy) is 1. The first-order valence-corrected chi connectivity index (χ1v) is 12.1. The highest BCUT2D eigenvalue weighted by Gasteiger charge is 2.28. The van der Waals surface area contributed by atoms with Crippen molar-refractivity contribution in [2.45, 2.75) is 31.2 Å². The minimum absolute atomic E-state index is 0.0477. The summed E-state index contributed by atoms with van der Waals surface area (Å²) in [6.07, 6.45) is 0.130. The average molecular weight is 482 g/mol. The van der Waals surface area contributed by atoms with Gasteiger partial charge in [-0.15, -0.1) is 0 Å². The quantitative estimate of drug-likeness (QED) is 0.433. The Morgan fingerprint density at radius 1 is 0.912 bits per heavy atom. The van der Waals surface area contributed by atoms with Crippen LogP contribution in [0.15, 0.2) is 77.7 Å². The summed E-state index contributed by atoms with van der Waals surface area (Å²) in [5.74, 6) is -0.607. The molecule has 0 saturated heterocycles. The lowest BCUT2D eigenvalue weighted by molar-refractivity contribution is -0.117. The normalized spacial score (nSPS) is 12.0. The van der Waals surface area contributed by atoms with Crippen molar-refractivity contribution in [3.05, 3.63) is 83.9 Å². The largest absolute Gasteiger partial charge is 0.495 e. The van der Waals surface area contributed by atoms with Gasteiger partial charge in [0.05, 0.1) is 7.11 Å². The van der Waals surface area contributed by atoms with Gasteiger partial charge in [-0.3, -0.25) is 9.59 Å². The second-order valence-corrected chi connectivity index (χ2v) is 9.45. The monoisotopic (exact) mass is 481 g/mol. The van der Waals surface area contributed by atoms with E-state index in [-0.39, 0.29) is 23.0 Å². The van der Waals surface area contributed by atoms with Crippen LogP contribution < -0.4 is 20.1 Å². The second-order valence-electron chi connectivity index (χ2n) is 7.77. The third-order valence-electron chi connectivity index (χ3n) is 4.96. The number of nitrogens with one attached hydrogen (secondary N) is 3. The molecule has 9 heteroatoms. The van der Waals surface area contributed by atoms with Crippen LogP contribution in [0.25, 0.3) is 0 Å². The zero-order valence-electron chi connectivity index (χ0n) is 19.2. The summed E-state index contributed by atoms with van der Waals surface area (Å²) in [4.78, 5) is 24.5. The molecule has 3 N–H and O–H groups in total. The molecular weight excluding hydrogens is 454 g/mol. The molecule has 178 valence electrons. The lowest BCUT2D eigenvalue weighted by Crippen LogP contribution is -2.45. The summed E-state index contributed by atoms with van der Waals surface area (Å²) in [6.45, 7) is 3.16. The minimum atomic E-state index is -4.10. The molecule has 3 aromatic rings.